The third-order valence-electron chi connectivity index (χ3n) is 7.56. The van der Waals surface area contributed by atoms with Crippen molar-refractivity contribution in [2.24, 2.45) is 0 Å². The number of piperazine rings is 1. The first kappa shape index (κ1) is 27.6. The first-order valence-corrected chi connectivity index (χ1v) is 13.7. The van der Waals surface area contributed by atoms with Crippen molar-refractivity contribution >= 4 is 17.5 Å². The Kier molecular flexibility index (Phi) is 8.97. The van der Waals surface area contributed by atoms with E-state index in [1.807, 2.05) is 87.2 Å². The molecule has 4 rings (SSSR count). The van der Waals surface area contributed by atoms with Gasteiger partial charge in [-0.05, 0) is 68.7 Å². The molecule has 1 unspecified atom stereocenters. The molecule has 3 aromatic carbocycles. The average molecular weight is 513 g/mol. The predicted octanol–water partition coefficient (Wildman–Crippen LogP) is 5.08. The van der Waals surface area contributed by atoms with Gasteiger partial charge < -0.3 is 15.5 Å². The van der Waals surface area contributed by atoms with Gasteiger partial charge in [0.05, 0.1) is 11.5 Å². The van der Waals surface area contributed by atoms with Crippen molar-refractivity contribution in [1.29, 1.82) is 0 Å². The summed E-state index contributed by atoms with van der Waals surface area (Å²) in [5, 5.41) is 6.60. The number of benzene rings is 3. The summed E-state index contributed by atoms with van der Waals surface area (Å²) < 4.78 is 0. The lowest BCUT2D eigenvalue weighted by Gasteiger charge is -2.36. The number of nitrogens with one attached hydrogen (secondary N) is 2. The Morgan fingerprint density at radius 2 is 1.55 bits per heavy atom. The van der Waals surface area contributed by atoms with Crippen molar-refractivity contribution < 1.29 is 9.59 Å². The molecule has 0 radical (unpaired) electrons. The first-order valence-electron chi connectivity index (χ1n) is 13.7. The average Bonchev–Trinajstić information content (AvgIpc) is 2.95. The van der Waals surface area contributed by atoms with Crippen LogP contribution in [-0.4, -0.2) is 60.9 Å². The van der Waals surface area contributed by atoms with E-state index in [0.29, 0.717) is 18.7 Å². The smallest absolute Gasteiger partial charge is 0.253 e. The van der Waals surface area contributed by atoms with E-state index in [1.54, 1.807) is 0 Å². The lowest BCUT2D eigenvalue weighted by atomic mass is 9.83. The van der Waals surface area contributed by atoms with Crippen LogP contribution in [0.4, 0.5) is 5.69 Å². The van der Waals surface area contributed by atoms with Crippen LogP contribution < -0.4 is 10.6 Å². The lowest BCUT2D eigenvalue weighted by Crippen LogP contribution is -2.45. The molecular formula is C32H40N4O2. The molecule has 38 heavy (non-hydrogen) atoms. The standard InChI is InChI=1S/C32H40N4O2/c1-5-35(6-2)30(37)25-17-15-24(16-18-25)29(36-21-19-33-20-22-36)26-11-10-14-28(23-26)34-31(38)32(3,4)27-12-8-7-9-13-27/h7-18,23,29,33H,5-6,19-22H2,1-4H3,(H,34,38). The molecule has 3 aromatic rings. The van der Waals surface area contributed by atoms with Crippen LogP contribution in [0.2, 0.25) is 0 Å². The van der Waals surface area contributed by atoms with Crippen molar-refractivity contribution in [1.82, 2.24) is 15.1 Å². The van der Waals surface area contributed by atoms with Gasteiger partial charge in [-0.2, -0.15) is 0 Å². The summed E-state index contributed by atoms with van der Waals surface area (Å²) in [6, 6.07) is 26.1. The van der Waals surface area contributed by atoms with Crippen LogP contribution in [0.15, 0.2) is 78.9 Å². The number of nitrogens with zero attached hydrogens (tertiary/aromatic N) is 2. The minimum Gasteiger partial charge on any atom is -0.339 e. The van der Waals surface area contributed by atoms with Gasteiger partial charge in [-0.25, -0.2) is 0 Å². The van der Waals surface area contributed by atoms with Crippen molar-refractivity contribution in [3.05, 3.63) is 101 Å². The fraction of sp³-hybridized carbons (Fsp3) is 0.375. The summed E-state index contributed by atoms with van der Waals surface area (Å²) in [5.74, 6) is 0.0184. The molecule has 1 heterocycles. The van der Waals surface area contributed by atoms with Gasteiger partial charge in [0.2, 0.25) is 5.91 Å². The van der Waals surface area contributed by atoms with E-state index in [9.17, 15) is 9.59 Å². The third kappa shape index (κ3) is 6.14. The number of hydrogen-bond donors (Lipinski definition) is 2. The summed E-state index contributed by atoms with van der Waals surface area (Å²) in [7, 11) is 0. The fourth-order valence-corrected chi connectivity index (χ4v) is 5.12. The van der Waals surface area contributed by atoms with E-state index in [2.05, 4.69) is 39.8 Å². The molecule has 6 heteroatoms. The topological polar surface area (TPSA) is 64.7 Å². The number of rotatable bonds is 9. The molecule has 1 atom stereocenters. The SMILES string of the molecule is CCN(CC)C(=O)c1ccc(C(c2cccc(NC(=O)C(C)(C)c3ccccc3)c2)N2CCNCC2)cc1. The molecule has 2 N–H and O–H groups in total. The van der Waals surface area contributed by atoms with Gasteiger partial charge in [-0.3, -0.25) is 14.5 Å². The second-order valence-corrected chi connectivity index (χ2v) is 10.4. The molecule has 0 aliphatic carbocycles. The van der Waals surface area contributed by atoms with E-state index in [0.717, 1.165) is 48.6 Å². The molecular weight excluding hydrogens is 472 g/mol. The number of carbonyl (C=O) groups excluding carboxylic acids is 2. The molecule has 1 aliphatic heterocycles. The molecule has 1 fully saturated rings. The van der Waals surface area contributed by atoms with Gasteiger partial charge in [0, 0.05) is 50.5 Å². The van der Waals surface area contributed by atoms with E-state index < -0.39 is 5.41 Å². The van der Waals surface area contributed by atoms with Crippen LogP contribution in [0.1, 0.15) is 60.8 Å². The maximum atomic E-state index is 13.3. The molecule has 1 saturated heterocycles. The zero-order valence-electron chi connectivity index (χ0n) is 23.0. The summed E-state index contributed by atoms with van der Waals surface area (Å²) in [5.41, 5.74) is 4.06. The lowest BCUT2D eigenvalue weighted by molar-refractivity contribution is -0.120. The molecule has 2 amide bonds. The number of amides is 2. The van der Waals surface area contributed by atoms with Crippen molar-refractivity contribution in [2.75, 3.05) is 44.6 Å². The Labute approximate surface area is 227 Å². The zero-order valence-corrected chi connectivity index (χ0v) is 23.0. The summed E-state index contributed by atoms with van der Waals surface area (Å²) in [6.45, 7) is 13.0. The Balaban J connectivity index is 1.61. The molecule has 0 saturated carbocycles. The van der Waals surface area contributed by atoms with Gasteiger partial charge >= 0.3 is 0 Å². The number of hydrogen-bond acceptors (Lipinski definition) is 4. The third-order valence-corrected chi connectivity index (χ3v) is 7.56. The number of anilines is 1. The molecule has 200 valence electrons. The molecule has 1 aliphatic rings. The Morgan fingerprint density at radius 1 is 0.895 bits per heavy atom. The Morgan fingerprint density at radius 3 is 2.18 bits per heavy atom. The summed E-state index contributed by atoms with van der Waals surface area (Å²) in [4.78, 5) is 30.5. The quantitative estimate of drug-likeness (QED) is 0.420. The van der Waals surface area contributed by atoms with Crippen LogP contribution in [0.25, 0.3) is 0 Å². The second-order valence-electron chi connectivity index (χ2n) is 10.4. The highest BCUT2D eigenvalue weighted by atomic mass is 16.2. The van der Waals surface area contributed by atoms with Gasteiger partial charge in [0.25, 0.3) is 5.91 Å². The van der Waals surface area contributed by atoms with Crippen molar-refractivity contribution in [3.8, 4) is 0 Å². The van der Waals surface area contributed by atoms with Crippen LogP contribution in [-0.2, 0) is 10.2 Å². The van der Waals surface area contributed by atoms with Crippen molar-refractivity contribution in [3.63, 3.8) is 0 Å². The highest BCUT2D eigenvalue weighted by molar-refractivity contribution is 5.98. The van der Waals surface area contributed by atoms with Gasteiger partial charge in [0.1, 0.15) is 0 Å². The monoisotopic (exact) mass is 512 g/mol. The zero-order chi connectivity index (χ0) is 27.1. The first-order chi connectivity index (χ1) is 18.3. The summed E-state index contributed by atoms with van der Waals surface area (Å²) >= 11 is 0. The Bertz CT molecular complexity index is 1210. The maximum Gasteiger partial charge on any atom is 0.253 e. The molecule has 0 aromatic heterocycles. The minimum absolute atomic E-state index is 0.0219. The van der Waals surface area contributed by atoms with Gasteiger partial charge in [0.15, 0.2) is 0 Å². The van der Waals surface area contributed by atoms with Gasteiger partial charge in [-0.15, -0.1) is 0 Å². The molecule has 6 nitrogen and oxygen atoms in total. The Hall–Kier alpha value is -3.48. The van der Waals surface area contributed by atoms with Crippen molar-refractivity contribution in [2.45, 2.75) is 39.2 Å². The van der Waals surface area contributed by atoms with Crippen LogP contribution in [0.5, 0.6) is 0 Å². The van der Waals surface area contributed by atoms with E-state index >= 15 is 0 Å². The van der Waals surface area contributed by atoms with E-state index in [1.165, 1.54) is 0 Å². The predicted molar refractivity (Wildman–Crippen MR) is 155 cm³/mol. The second kappa shape index (κ2) is 12.4. The van der Waals surface area contributed by atoms with Crippen LogP contribution >= 0.6 is 0 Å². The normalized spacial score (nSPS) is 15.1. The van der Waals surface area contributed by atoms with Crippen LogP contribution in [0, 0.1) is 0 Å². The van der Waals surface area contributed by atoms with E-state index in [-0.39, 0.29) is 17.9 Å². The highest BCUT2D eigenvalue weighted by Crippen LogP contribution is 2.32. The minimum atomic E-state index is -0.664. The fourth-order valence-electron chi connectivity index (χ4n) is 5.12. The number of carbonyl (C=O) groups is 2. The van der Waals surface area contributed by atoms with Crippen LogP contribution in [0.3, 0.4) is 0 Å². The summed E-state index contributed by atoms with van der Waals surface area (Å²) in [6.07, 6.45) is 0. The largest absolute Gasteiger partial charge is 0.339 e. The van der Waals surface area contributed by atoms with Gasteiger partial charge in [-0.1, -0.05) is 54.6 Å². The van der Waals surface area contributed by atoms with E-state index in [4.69, 9.17) is 0 Å². The molecule has 0 spiro atoms. The maximum absolute atomic E-state index is 13.3. The highest BCUT2D eigenvalue weighted by Gasteiger charge is 2.30. The molecule has 0 bridgehead atoms.